The Morgan fingerprint density at radius 2 is 1.38 bits per heavy atom. The summed E-state index contributed by atoms with van der Waals surface area (Å²) in [5, 5.41) is 0.333. The molecule has 0 saturated heterocycles. The van der Waals surface area contributed by atoms with Crippen LogP contribution < -0.4 is 0 Å². The van der Waals surface area contributed by atoms with Gasteiger partial charge < -0.3 is 13.3 Å². The first kappa shape index (κ1) is 46.0. The lowest BCUT2D eigenvalue weighted by molar-refractivity contribution is -0.0395. The summed E-state index contributed by atoms with van der Waals surface area (Å²) in [6.07, 6.45) is 13.4. The molecule has 6 atom stereocenters. The van der Waals surface area contributed by atoms with Crippen LogP contribution in [0.4, 0.5) is 0 Å². The predicted molar refractivity (Wildman–Crippen MR) is 235 cm³/mol. The summed E-state index contributed by atoms with van der Waals surface area (Å²) in [6, 6.07) is 0. The molecule has 3 nitrogen and oxygen atoms in total. The second-order valence-electron chi connectivity index (χ2n) is 22.5. The van der Waals surface area contributed by atoms with E-state index in [0.717, 1.165) is 31.1 Å². The molecule has 0 amide bonds. The van der Waals surface area contributed by atoms with E-state index in [9.17, 15) is 0 Å². The first-order valence-electron chi connectivity index (χ1n) is 21.4. The van der Waals surface area contributed by atoms with Crippen LogP contribution in [-0.4, -0.2) is 42.8 Å². The number of rotatable bonds is 13. The average molecular weight is 771 g/mol. The number of allylic oxidation sites excluding steroid dienone is 2. The van der Waals surface area contributed by atoms with Gasteiger partial charge in [0.05, 0.1) is 17.8 Å². The molecule has 3 rings (SSSR count). The lowest BCUT2D eigenvalue weighted by atomic mass is 9.62. The molecule has 52 heavy (non-hydrogen) atoms. The Kier molecular flexibility index (Phi) is 14.7. The van der Waals surface area contributed by atoms with Crippen molar-refractivity contribution in [2.24, 2.45) is 35.0 Å². The van der Waals surface area contributed by atoms with Crippen LogP contribution in [0.3, 0.4) is 0 Å². The van der Waals surface area contributed by atoms with Crippen LogP contribution in [0.15, 0.2) is 22.8 Å². The fourth-order valence-electron chi connectivity index (χ4n) is 9.62. The van der Waals surface area contributed by atoms with Crippen molar-refractivity contribution in [2.45, 2.75) is 222 Å². The van der Waals surface area contributed by atoms with Gasteiger partial charge in [-0.05, 0) is 136 Å². The van der Waals surface area contributed by atoms with Gasteiger partial charge in [-0.3, -0.25) is 0 Å². The van der Waals surface area contributed by atoms with Gasteiger partial charge in [0.2, 0.25) is 0 Å². The molecule has 0 aromatic rings. The third-order valence-electron chi connectivity index (χ3n) is 14.9. The van der Waals surface area contributed by atoms with Crippen LogP contribution in [0.5, 0.6) is 0 Å². The summed E-state index contributed by atoms with van der Waals surface area (Å²) < 4.78 is 21.3. The van der Waals surface area contributed by atoms with E-state index in [0.29, 0.717) is 23.2 Å². The molecule has 300 valence electrons. The molecule has 0 aliphatic heterocycles. The van der Waals surface area contributed by atoms with Crippen molar-refractivity contribution in [3.8, 4) is 11.8 Å². The fraction of sp³-hybridized carbons (Fsp3) is 0.870. The van der Waals surface area contributed by atoms with Crippen molar-refractivity contribution >= 4 is 25.0 Å². The van der Waals surface area contributed by atoms with Crippen LogP contribution in [-0.2, 0) is 13.3 Å². The second kappa shape index (κ2) is 16.6. The minimum Gasteiger partial charge on any atom is -0.413 e. The van der Waals surface area contributed by atoms with Crippen LogP contribution in [0.2, 0.25) is 55.9 Å². The van der Waals surface area contributed by atoms with Crippen molar-refractivity contribution < 1.29 is 13.3 Å². The minimum absolute atomic E-state index is 0.0158. The average Bonchev–Trinajstić information content (AvgIpc) is 3.32. The van der Waals surface area contributed by atoms with Crippen molar-refractivity contribution in [1.82, 2.24) is 0 Å². The summed E-state index contributed by atoms with van der Waals surface area (Å²) in [6.45, 7) is 47.8. The van der Waals surface area contributed by atoms with E-state index < -0.39 is 25.0 Å². The molecule has 0 radical (unpaired) electrons. The van der Waals surface area contributed by atoms with Gasteiger partial charge in [-0.2, -0.15) is 0 Å². The van der Waals surface area contributed by atoms with Gasteiger partial charge in [0.25, 0.3) is 0 Å². The van der Waals surface area contributed by atoms with E-state index in [-0.39, 0.29) is 27.9 Å². The maximum atomic E-state index is 7.16. The molecule has 1 fully saturated rings. The van der Waals surface area contributed by atoms with Crippen molar-refractivity contribution in [3.05, 3.63) is 22.8 Å². The highest BCUT2D eigenvalue weighted by Crippen LogP contribution is 2.58. The normalized spacial score (nSPS) is 27.5. The zero-order valence-corrected chi connectivity index (χ0v) is 41.2. The van der Waals surface area contributed by atoms with Crippen molar-refractivity contribution in [2.75, 3.05) is 0 Å². The van der Waals surface area contributed by atoms with Crippen LogP contribution in [0, 0.1) is 46.8 Å². The monoisotopic (exact) mass is 771 g/mol. The van der Waals surface area contributed by atoms with E-state index in [2.05, 4.69) is 154 Å². The molecular formula is C46H86O3Si3. The van der Waals surface area contributed by atoms with E-state index in [1.807, 2.05) is 0 Å². The van der Waals surface area contributed by atoms with Crippen LogP contribution in [0.1, 0.15) is 148 Å². The van der Waals surface area contributed by atoms with Crippen molar-refractivity contribution in [3.63, 3.8) is 0 Å². The molecule has 3 aliphatic carbocycles. The zero-order chi connectivity index (χ0) is 39.9. The van der Waals surface area contributed by atoms with Gasteiger partial charge in [-0.1, -0.05) is 114 Å². The highest BCUT2D eigenvalue weighted by atomic mass is 28.4. The summed E-state index contributed by atoms with van der Waals surface area (Å²) in [5.41, 5.74) is 4.35. The molecule has 4 unspecified atom stereocenters. The zero-order valence-electron chi connectivity index (χ0n) is 38.2. The molecule has 1 saturated carbocycles. The van der Waals surface area contributed by atoms with Gasteiger partial charge in [0.15, 0.2) is 25.0 Å². The summed E-state index contributed by atoms with van der Waals surface area (Å²) in [7, 11) is -5.59. The predicted octanol–water partition coefficient (Wildman–Crippen LogP) is 14.3. The van der Waals surface area contributed by atoms with Gasteiger partial charge in [0.1, 0.15) is 0 Å². The van der Waals surface area contributed by atoms with E-state index in [4.69, 9.17) is 13.3 Å². The molecule has 0 aromatic carbocycles. The summed E-state index contributed by atoms with van der Waals surface area (Å²) in [4.78, 5) is 0. The highest BCUT2D eigenvalue weighted by Gasteiger charge is 2.51. The van der Waals surface area contributed by atoms with Gasteiger partial charge in [0, 0.05) is 24.0 Å². The first-order chi connectivity index (χ1) is 23.5. The Labute approximate surface area is 328 Å². The molecule has 0 N–H and O–H groups in total. The van der Waals surface area contributed by atoms with E-state index in [1.165, 1.54) is 55.2 Å². The van der Waals surface area contributed by atoms with Crippen molar-refractivity contribution in [1.29, 1.82) is 0 Å². The highest BCUT2D eigenvalue weighted by molar-refractivity contribution is 6.74. The maximum absolute atomic E-state index is 7.16. The quantitative estimate of drug-likeness (QED) is 0.138. The Morgan fingerprint density at radius 3 is 1.90 bits per heavy atom. The molecular weight excluding hydrogens is 685 g/mol. The topological polar surface area (TPSA) is 27.7 Å². The first-order valence-corrected chi connectivity index (χ1v) is 30.7. The Hall–Kier alpha value is -0.429. The van der Waals surface area contributed by atoms with Crippen LogP contribution >= 0.6 is 0 Å². The lowest BCUT2D eigenvalue weighted by Crippen LogP contribution is -2.50. The second-order valence-corrected chi connectivity index (χ2v) is 36.4. The number of hydrogen-bond acceptors (Lipinski definition) is 3. The third kappa shape index (κ3) is 10.5. The SMILES string of the molecule is CC1=C(C#CC2=CCC[C@@]3(C)C2CCC3[C@H](C)CCCC(O[Si](C)(C)C)(C(C)C)C(C)C)CC(O[Si](C)(C)C(C)(C)C)CC1O[Si](C)(C)C(C)(C)C. The number of fused-ring (bicyclic) bond motifs is 1. The molecule has 6 heteroatoms. The molecule has 0 spiro atoms. The smallest absolute Gasteiger partial charge is 0.192 e. The summed E-state index contributed by atoms with van der Waals surface area (Å²) >= 11 is 0. The van der Waals surface area contributed by atoms with Crippen LogP contribution in [0.25, 0.3) is 0 Å². The molecule has 0 heterocycles. The third-order valence-corrected chi connectivity index (χ3v) is 24.9. The van der Waals surface area contributed by atoms with Gasteiger partial charge in [-0.25, -0.2) is 0 Å². The minimum atomic E-state index is -1.98. The standard InChI is InChI=1S/C46H86O3Si3/c1-33(2)46(34(3)4,49-50(14,15)16)30-21-23-35(5)40-27-28-41-37(24-22-29-45(40,41)13)25-26-38-31-39(47-51(17,18)43(7,8)9)32-42(36(38)6)48-52(19,20)44(10,11)12/h24,33-35,39-42H,21-23,27-32H2,1-20H3/t35-,39?,40?,41?,42?,45-/m1/s1. The van der Waals surface area contributed by atoms with Gasteiger partial charge in [-0.15, -0.1) is 0 Å². The summed E-state index contributed by atoms with van der Waals surface area (Å²) in [5.74, 6) is 10.8. The molecule has 0 bridgehead atoms. The van der Waals surface area contributed by atoms with E-state index in [1.54, 1.807) is 0 Å². The fourth-order valence-corrected chi connectivity index (χ4v) is 14.0. The van der Waals surface area contributed by atoms with Gasteiger partial charge >= 0.3 is 0 Å². The largest absolute Gasteiger partial charge is 0.413 e. The molecule has 0 aromatic heterocycles. The Bertz CT molecular complexity index is 1330. The van der Waals surface area contributed by atoms with E-state index >= 15 is 0 Å². The lowest BCUT2D eigenvalue weighted by Gasteiger charge is -2.46. The Balaban J connectivity index is 1.84. The molecule has 3 aliphatic rings. The Morgan fingerprint density at radius 1 is 0.827 bits per heavy atom. The number of hydrogen-bond donors (Lipinski definition) is 0. The maximum Gasteiger partial charge on any atom is 0.192 e.